The minimum absolute atomic E-state index is 0.0203. The average Bonchev–Trinajstić information content (AvgIpc) is 2.49. The molecule has 1 aliphatic carbocycles. The Labute approximate surface area is 132 Å². The van der Waals surface area contributed by atoms with E-state index in [1.54, 1.807) is 6.07 Å². The molecule has 3 rings (SSSR count). The predicted octanol–water partition coefficient (Wildman–Crippen LogP) is 5.41. The number of halogens is 2. The van der Waals surface area contributed by atoms with Crippen LogP contribution in [0.25, 0.3) is 0 Å². The second-order valence-corrected chi connectivity index (χ2v) is 6.40. The summed E-state index contributed by atoms with van der Waals surface area (Å²) in [6.07, 6.45) is 3.07. The molecule has 1 aliphatic rings. The van der Waals surface area contributed by atoms with Gasteiger partial charge in [0.2, 0.25) is 0 Å². The first-order valence-electron chi connectivity index (χ1n) is 6.74. The summed E-state index contributed by atoms with van der Waals surface area (Å²) in [6.45, 7) is 0. The summed E-state index contributed by atoms with van der Waals surface area (Å²) in [5.74, 6) is 0.169. The highest BCUT2D eigenvalue weighted by Crippen LogP contribution is 2.35. The molecule has 102 valence electrons. The third kappa shape index (κ3) is 2.55. The van der Waals surface area contributed by atoms with Gasteiger partial charge in [-0.1, -0.05) is 35.9 Å². The van der Waals surface area contributed by atoms with Gasteiger partial charge >= 0.3 is 0 Å². The van der Waals surface area contributed by atoms with Crippen molar-refractivity contribution in [1.29, 1.82) is 0 Å². The maximum Gasteiger partial charge on any atom is 0.170 e. The lowest BCUT2D eigenvalue weighted by atomic mass is 9.79. The number of carbonyl (C=O) groups is 1. The summed E-state index contributed by atoms with van der Waals surface area (Å²) in [5.41, 5.74) is 3.22. The zero-order chi connectivity index (χ0) is 14.1. The molecule has 0 amide bonds. The van der Waals surface area contributed by atoms with E-state index in [2.05, 4.69) is 28.1 Å². The van der Waals surface area contributed by atoms with E-state index in [0.29, 0.717) is 5.02 Å². The van der Waals surface area contributed by atoms with Crippen LogP contribution < -0.4 is 0 Å². The van der Waals surface area contributed by atoms with Crippen molar-refractivity contribution < 1.29 is 4.79 Å². The van der Waals surface area contributed by atoms with E-state index in [-0.39, 0.29) is 11.7 Å². The van der Waals surface area contributed by atoms with Gasteiger partial charge in [-0.2, -0.15) is 0 Å². The Morgan fingerprint density at radius 3 is 2.80 bits per heavy atom. The number of ketones is 1. The molecule has 20 heavy (non-hydrogen) atoms. The number of benzene rings is 2. The lowest BCUT2D eigenvalue weighted by Crippen LogP contribution is -2.18. The third-order valence-electron chi connectivity index (χ3n) is 3.89. The summed E-state index contributed by atoms with van der Waals surface area (Å²) in [4.78, 5) is 12.8. The van der Waals surface area contributed by atoms with E-state index in [4.69, 9.17) is 11.6 Å². The molecule has 0 saturated carbocycles. The Morgan fingerprint density at radius 1 is 1.20 bits per heavy atom. The van der Waals surface area contributed by atoms with E-state index in [1.165, 1.54) is 11.1 Å². The van der Waals surface area contributed by atoms with Gasteiger partial charge in [0.05, 0.1) is 5.02 Å². The summed E-state index contributed by atoms with van der Waals surface area (Å²) in [7, 11) is 0. The quantitative estimate of drug-likeness (QED) is 0.663. The second-order valence-electron chi connectivity index (χ2n) is 5.14. The van der Waals surface area contributed by atoms with E-state index in [9.17, 15) is 4.79 Å². The molecule has 0 radical (unpaired) electrons. The molecular formula is C17H14BrClO. The van der Waals surface area contributed by atoms with Gasteiger partial charge in [0.1, 0.15) is 0 Å². The molecule has 0 heterocycles. The van der Waals surface area contributed by atoms with E-state index < -0.39 is 0 Å². The minimum atomic E-state index is -0.0203. The lowest BCUT2D eigenvalue weighted by molar-refractivity contribution is 0.0951. The van der Waals surface area contributed by atoms with Crippen LogP contribution in [0.1, 0.15) is 40.2 Å². The number of carbonyl (C=O) groups excluding carboxylic acids is 1. The van der Waals surface area contributed by atoms with Gasteiger partial charge in [-0.25, -0.2) is 0 Å². The monoisotopic (exact) mass is 348 g/mol. The smallest absolute Gasteiger partial charge is 0.170 e. The average molecular weight is 350 g/mol. The van der Waals surface area contributed by atoms with Crippen molar-refractivity contribution in [3.8, 4) is 0 Å². The first-order chi connectivity index (χ1) is 9.66. The van der Waals surface area contributed by atoms with Crippen LogP contribution in [0, 0.1) is 0 Å². The molecule has 2 aromatic rings. The van der Waals surface area contributed by atoms with Gasteiger partial charge in [-0.05, 0) is 64.5 Å². The molecule has 0 N–H and O–H groups in total. The van der Waals surface area contributed by atoms with Crippen molar-refractivity contribution in [1.82, 2.24) is 0 Å². The van der Waals surface area contributed by atoms with E-state index in [0.717, 1.165) is 29.3 Å². The number of Topliss-reactive ketones (excluding diaryl/α,β-unsaturated/α-hetero) is 1. The van der Waals surface area contributed by atoms with Gasteiger partial charge in [0, 0.05) is 16.0 Å². The van der Waals surface area contributed by atoms with E-state index >= 15 is 0 Å². The number of fused-ring (bicyclic) bond motifs is 1. The first kappa shape index (κ1) is 13.8. The van der Waals surface area contributed by atoms with Crippen molar-refractivity contribution >= 4 is 33.3 Å². The summed E-state index contributed by atoms with van der Waals surface area (Å²) in [6, 6.07) is 13.7. The summed E-state index contributed by atoms with van der Waals surface area (Å²) >= 11 is 9.38. The zero-order valence-electron chi connectivity index (χ0n) is 10.9. The SMILES string of the molecule is O=C(c1ccc(Cl)c(Br)c1)C1CCCc2ccccc21. The molecule has 0 aliphatic heterocycles. The van der Waals surface area contributed by atoms with Crippen LogP contribution in [0.5, 0.6) is 0 Å². The Kier molecular flexibility index (Phi) is 3.95. The first-order valence-corrected chi connectivity index (χ1v) is 7.91. The molecule has 1 unspecified atom stereocenters. The molecule has 0 saturated heterocycles. The Hall–Kier alpha value is -1.12. The maximum absolute atomic E-state index is 12.8. The summed E-state index contributed by atoms with van der Waals surface area (Å²) < 4.78 is 0.772. The molecule has 1 atom stereocenters. The topological polar surface area (TPSA) is 17.1 Å². The highest BCUT2D eigenvalue weighted by molar-refractivity contribution is 9.10. The number of hydrogen-bond donors (Lipinski definition) is 0. The number of hydrogen-bond acceptors (Lipinski definition) is 1. The Bertz CT molecular complexity index is 666. The van der Waals surface area contributed by atoms with Crippen molar-refractivity contribution in [2.24, 2.45) is 0 Å². The van der Waals surface area contributed by atoms with Crippen molar-refractivity contribution in [3.63, 3.8) is 0 Å². The molecular weight excluding hydrogens is 336 g/mol. The van der Waals surface area contributed by atoms with Gasteiger partial charge in [0.15, 0.2) is 5.78 Å². The molecule has 0 bridgehead atoms. The molecule has 3 heteroatoms. The fourth-order valence-corrected chi connectivity index (χ4v) is 3.37. The van der Waals surface area contributed by atoms with Crippen molar-refractivity contribution in [2.45, 2.75) is 25.2 Å². The highest BCUT2D eigenvalue weighted by atomic mass is 79.9. The maximum atomic E-state index is 12.8. The summed E-state index contributed by atoms with van der Waals surface area (Å²) in [5, 5.41) is 0.630. The largest absolute Gasteiger partial charge is 0.293 e. The molecule has 0 fully saturated rings. The van der Waals surface area contributed by atoms with Crippen LogP contribution in [0.4, 0.5) is 0 Å². The van der Waals surface area contributed by atoms with Gasteiger partial charge in [-0.3, -0.25) is 4.79 Å². The van der Waals surface area contributed by atoms with E-state index in [1.807, 2.05) is 24.3 Å². The van der Waals surface area contributed by atoms with Gasteiger partial charge < -0.3 is 0 Å². The standard InChI is InChI=1S/C17H14BrClO/c18-15-10-12(8-9-16(15)19)17(20)14-7-3-5-11-4-1-2-6-13(11)14/h1-2,4,6,8-10,14H,3,5,7H2. The fraction of sp³-hybridized carbons (Fsp3) is 0.235. The van der Waals surface area contributed by atoms with Crippen molar-refractivity contribution in [3.05, 3.63) is 68.7 Å². The fourth-order valence-electron chi connectivity index (χ4n) is 2.88. The molecule has 0 aromatic heterocycles. The van der Waals surface area contributed by atoms with Crippen LogP contribution >= 0.6 is 27.5 Å². The van der Waals surface area contributed by atoms with Crippen LogP contribution in [0.2, 0.25) is 5.02 Å². The highest BCUT2D eigenvalue weighted by Gasteiger charge is 2.27. The molecule has 2 aromatic carbocycles. The number of rotatable bonds is 2. The molecule has 1 nitrogen and oxygen atoms in total. The van der Waals surface area contributed by atoms with Gasteiger partial charge in [0.25, 0.3) is 0 Å². The van der Waals surface area contributed by atoms with Crippen LogP contribution in [-0.2, 0) is 6.42 Å². The second kappa shape index (κ2) is 5.71. The molecule has 0 spiro atoms. The predicted molar refractivity (Wildman–Crippen MR) is 85.6 cm³/mol. The Balaban J connectivity index is 1.97. The minimum Gasteiger partial charge on any atom is -0.293 e. The Morgan fingerprint density at radius 2 is 2.00 bits per heavy atom. The van der Waals surface area contributed by atoms with Crippen LogP contribution in [0.15, 0.2) is 46.9 Å². The number of aryl methyl sites for hydroxylation is 1. The lowest BCUT2D eigenvalue weighted by Gasteiger charge is -2.24. The normalized spacial score (nSPS) is 17.6. The zero-order valence-corrected chi connectivity index (χ0v) is 13.2. The van der Waals surface area contributed by atoms with Gasteiger partial charge in [-0.15, -0.1) is 0 Å². The van der Waals surface area contributed by atoms with Crippen LogP contribution in [0.3, 0.4) is 0 Å². The van der Waals surface area contributed by atoms with Crippen molar-refractivity contribution in [2.75, 3.05) is 0 Å². The third-order valence-corrected chi connectivity index (χ3v) is 5.10. The van der Waals surface area contributed by atoms with Crippen LogP contribution in [-0.4, -0.2) is 5.78 Å².